The minimum atomic E-state index is -0.862. The summed E-state index contributed by atoms with van der Waals surface area (Å²) < 4.78 is 46.0. The Labute approximate surface area is 231 Å². The molecule has 0 amide bonds. The van der Waals surface area contributed by atoms with Crippen LogP contribution in [0.4, 0.5) is 20.4 Å². The third-order valence-electron chi connectivity index (χ3n) is 7.94. The maximum Gasteiger partial charge on any atom is 0.205 e. The molecule has 0 spiro atoms. The van der Waals surface area contributed by atoms with E-state index in [1.165, 1.54) is 25.3 Å². The number of aromatic amines is 1. The van der Waals surface area contributed by atoms with Gasteiger partial charge in [-0.1, -0.05) is 6.92 Å². The van der Waals surface area contributed by atoms with Crippen LogP contribution >= 0.6 is 0 Å². The van der Waals surface area contributed by atoms with E-state index in [2.05, 4.69) is 27.2 Å². The highest BCUT2D eigenvalue weighted by Gasteiger charge is 2.41. The molecule has 1 saturated heterocycles. The molecule has 5 rings (SSSR count). The molecule has 9 nitrogen and oxygen atoms in total. The van der Waals surface area contributed by atoms with Crippen LogP contribution in [-0.4, -0.2) is 60.2 Å². The molecule has 3 heterocycles. The summed E-state index contributed by atoms with van der Waals surface area (Å²) in [4.78, 5) is 11.8. The van der Waals surface area contributed by atoms with Gasteiger partial charge >= 0.3 is 0 Å². The molecule has 1 aliphatic heterocycles. The minimum Gasteiger partial charge on any atom is -0.380 e. The number of allylic oxidation sites excluding steroid dienone is 1. The molecule has 40 heavy (non-hydrogen) atoms. The standard InChI is InChI=1S/C29H34F2N6O3/c1-16-8-17(9-24(33)27(16)38-2)20-6-7-34-13-25(20)37-28-35-12-19(36-28)4-5-23(32)26-21(30)10-18(11-22(26)31)29(39-3)14-40-15-29/h4-7,10-13,16-17,24,27,32H,8-9,14-15,33H2,1-3H3,(H2,35,36,37)/b5-4-,32-23?. The predicted octanol–water partition coefficient (Wildman–Crippen LogP) is 4.64. The van der Waals surface area contributed by atoms with Crippen molar-refractivity contribution < 1.29 is 23.0 Å². The van der Waals surface area contributed by atoms with Crippen LogP contribution in [0.2, 0.25) is 0 Å². The average molecular weight is 553 g/mol. The molecule has 4 unspecified atom stereocenters. The van der Waals surface area contributed by atoms with Crippen molar-refractivity contribution in [3.63, 3.8) is 0 Å². The second kappa shape index (κ2) is 11.5. The number of halogens is 2. The van der Waals surface area contributed by atoms with E-state index < -0.39 is 22.8 Å². The third kappa shape index (κ3) is 5.42. The first-order valence-corrected chi connectivity index (χ1v) is 13.2. The molecule has 1 saturated carbocycles. The van der Waals surface area contributed by atoms with Crippen molar-refractivity contribution in [3.05, 3.63) is 76.9 Å². The van der Waals surface area contributed by atoms with Crippen LogP contribution in [0.1, 0.15) is 48.1 Å². The molecule has 11 heteroatoms. The van der Waals surface area contributed by atoms with Gasteiger partial charge in [0.2, 0.25) is 5.95 Å². The number of anilines is 2. The lowest BCUT2D eigenvalue weighted by atomic mass is 9.74. The lowest BCUT2D eigenvalue weighted by Crippen LogP contribution is -2.48. The van der Waals surface area contributed by atoms with Gasteiger partial charge in [-0.2, -0.15) is 0 Å². The first-order valence-electron chi connectivity index (χ1n) is 13.2. The number of benzene rings is 1. The molecule has 1 aliphatic carbocycles. The highest BCUT2D eigenvalue weighted by molar-refractivity contribution is 6.09. The van der Waals surface area contributed by atoms with Gasteiger partial charge in [0, 0.05) is 26.5 Å². The Morgan fingerprint density at radius 3 is 2.60 bits per heavy atom. The summed E-state index contributed by atoms with van der Waals surface area (Å²) in [5.74, 6) is -0.647. The summed E-state index contributed by atoms with van der Waals surface area (Å²) in [6.45, 7) is 2.59. The first kappa shape index (κ1) is 28.0. The lowest BCUT2D eigenvalue weighted by Gasteiger charge is -2.40. The predicted molar refractivity (Wildman–Crippen MR) is 148 cm³/mol. The molecule has 3 aromatic rings. The van der Waals surface area contributed by atoms with Crippen LogP contribution < -0.4 is 11.1 Å². The lowest BCUT2D eigenvalue weighted by molar-refractivity contribution is -0.202. The zero-order valence-electron chi connectivity index (χ0n) is 22.7. The number of aromatic nitrogens is 3. The normalized spacial score (nSPS) is 24.1. The number of nitrogens with two attached hydrogens (primary N) is 1. The largest absolute Gasteiger partial charge is 0.380 e. The highest BCUT2D eigenvalue weighted by Crippen LogP contribution is 2.40. The van der Waals surface area contributed by atoms with E-state index in [1.54, 1.807) is 31.8 Å². The number of methoxy groups -OCH3 is 2. The number of H-pyrrole nitrogens is 1. The Morgan fingerprint density at radius 1 is 1.23 bits per heavy atom. The van der Waals surface area contributed by atoms with Crippen LogP contribution in [-0.2, 0) is 19.8 Å². The number of pyridine rings is 1. The monoisotopic (exact) mass is 552 g/mol. The highest BCUT2D eigenvalue weighted by atomic mass is 19.1. The Balaban J connectivity index is 1.28. The summed E-state index contributed by atoms with van der Waals surface area (Å²) in [6.07, 6.45) is 9.72. The van der Waals surface area contributed by atoms with Gasteiger partial charge in [0.05, 0.1) is 54.4 Å². The number of rotatable bonds is 9. The summed E-state index contributed by atoms with van der Waals surface area (Å²) >= 11 is 0. The van der Waals surface area contributed by atoms with Crippen molar-refractivity contribution in [1.82, 2.24) is 15.0 Å². The quantitative estimate of drug-likeness (QED) is 0.285. The zero-order valence-corrected chi connectivity index (χ0v) is 22.7. The molecule has 2 aromatic heterocycles. The SMILES string of the molecule is COC1C(C)CC(c2ccncc2Nc2ncc(/C=C\C(=N)c3c(F)cc(C4(OC)COC4)cc3F)[nH]2)CC1N. The maximum atomic E-state index is 14.9. The van der Waals surface area contributed by atoms with Crippen molar-refractivity contribution in [2.24, 2.45) is 11.7 Å². The molecule has 0 radical (unpaired) electrons. The fourth-order valence-corrected chi connectivity index (χ4v) is 5.74. The van der Waals surface area contributed by atoms with E-state index in [9.17, 15) is 8.78 Å². The third-order valence-corrected chi connectivity index (χ3v) is 7.94. The summed E-state index contributed by atoms with van der Waals surface area (Å²) in [5, 5.41) is 11.6. The van der Waals surface area contributed by atoms with E-state index in [4.69, 9.17) is 25.4 Å². The summed E-state index contributed by atoms with van der Waals surface area (Å²) in [6, 6.07) is 4.33. The van der Waals surface area contributed by atoms with Crippen molar-refractivity contribution in [2.45, 2.75) is 43.4 Å². The van der Waals surface area contributed by atoms with E-state index in [1.807, 2.05) is 6.07 Å². The Morgan fingerprint density at radius 2 is 1.98 bits per heavy atom. The van der Waals surface area contributed by atoms with Crippen molar-refractivity contribution >= 4 is 23.4 Å². The number of hydrogen-bond donors (Lipinski definition) is 4. The average Bonchev–Trinajstić information content (AvgIpc) is 3.34. The Kier molecular flexibility index (Phi) is 8.09. The minimum absolute atomic E-state index is 0.0341. The van der Waals surface area contributed by atoms with Gasteiger partial charge in [-0.05, 0) is 66.2 Å². The van der Waals surface area contributed by atoms with E-state index >= 15 is 0 Å². The second-order valence-electron chi connectivity index (χ2n) is 10.5. The number of nitrogens with one attached hydrogen (secondary N) is 3. The number of ether oxygens (including phenoxy) is 3. The van der Waals surface area contributed by atoms with Gasteiger partial charge in [0.15, 0.2) is 0 Å². The van der Waals surface area contributed by atoms with E-state index in [0.29, 0.717) is 23.1 Å². The molecule has 1 aromatic carbocycles. The number of nitrogens with zero attached hydrogens (tertiary/aromatic N) is 2. The molecule has 212 valence electrons. The molecular weight excluding hydrogens is 518 g/mol. The van der Waals surface area contributed by atoms with Crippen LogP contribution in [0.3, 0.4) is 0 Å². The van der Waals surface area contributed by atoms with Crippen LogP contribution in [0.25, 0.3) is 6.08 Å². The van der Waals surface area contributed by atoms with Gasteiger partial charge in [0.25, 0.3) is 0 Å². The Bertz CT molecular complexity index is 1370. The fraction of sp³-hybridized carbons (Fsp3) is 0.414. The van der Waals surface area contributed by atoms with Crippen molar-refractivity contribution in [3.8, 4) is 0 Å². The smallest absolute Gasteiger partial charge is 0.205 e. The second-order valence-corrected chi connectivity index (χ2v) is 10.5. The number of hydrogen-bond acceptors (Lipinski definition) is 8. The Hall–Kier alpha value is -3.51. The van der Waals surface area contributed by atoms with Gasteiger partial charge in [-0.3, -0.25) is 4.98 Å². The van der Waals surface area contributed by atoms with Gasteiger partial charge in [-0.15, -0.1) is 0 Å². The zero-order chi connectivity index (χ0) is 28.4. The number of imidazole rings is 1. The first-order chi connectivity index (χ1) is 19.2. The van der Waals surface area contributed by atoms with Gasteiger partial charge in [0.1, 0.15) is 17.2 Å². The van der Waals surface area contributed by atoms with Crippen LogP contribution in [0.15, 0.2) is 42.9 Å². The van der Waals surface area contributed by atoms with Gasteiger partial charge < -0.3 is 35.7 Å². The fourth-order valence-electron chi connectivity index (χ4n) is 5.74. The topological polar surface area (TPSA) is 131 Å². The van der Waals surface area contributed by atoms with Gasteiger partial charge in [-0.25, -0.2) is 13.8 Å². The molecule has 0 bridgehead atoms. The van der Waals surface area contributed by atoms with Crippen LogP contribution in [0, 0.1) is 23.0 Å². The molecule has 2 aliphatic rings. The van der Waals surface area contributed by atoms with Crippen LogP contribution in [0.5, 0.6) is 0 Å². The molecule has 4 atom stereocenters. The summed E-state index contributed by atoms with van der Waals surface area (Å²) in [5.41, 5.74) is 7.63. The van der Waals surface area contributed by atoms with E-state index in [0.717, 1.165) is 24.1 Å². The maximum absolute atomic E-state index is 14.9. The molecule has 5 N–H and O–H groups in total. The molecular formula is C29H34F2N6O3. The van der Waals surface area contributed by atoms with E-state index in [-0.39, 0.29) is 37.0 Å². The van der Waals surface area contributed by atoms with Crippen molar-refractivity contribution in [2.75, 3.05) is 32.8 Å². The summed E-state index contributed by atoms with van der Waals surface area (Å²) in [7, 11) is 3.18. The molecule has 2 fully saturated rings. The van der Waals surface area contributed by atoms with Crippen molar-refractivity contribution in [1.29, 1.82) is 5.41 Å².